The summed E-state index contributed by atoms with van der Waals surface area (Å²) in [7, 11) is 3.56. The molecule has 0 saturated carbocycles. The van der Waals surface area contributed by atoms with Gasteiger partial charge in [0.25, 0.3) is 0 Å². The van der Waals surface area contributed by atoms with Crippen molar-refractivity contribution in [3.05, 3.63) is 0 Å². The van der Waals surface area contributed by atoms with Gasteiger partial charge in [0, 0.05) is 12.2 Å². The van der Waals surface area contributed by atoms with Crippen LogP contribution in [0.4, 0.5) is 0 Å². The van der Waals surface area contributed by atoms with Crippen LogP contribution in [0.1, 0.15) is 6.42 Å². The van der Waals surface area contributed by atoms with Gasteiger partial charge in [-0.2, -0.15) is 0 Å². The molecule has 8 heavy (non-hydrogen) atoms. The lowest BCUT2D eigenvalue weighted by molar-refractivity contribution is -0.111. The van der Waals surface area contributed by atoms with Crippen molar-refractivity contribution < 1.29 is 9.00 Å². The van der Waals surface area contributed by atoms with Crippen molar-refractivity contribution in [3.8, 4) is 0 Å². The Morgan fingerprint density at radius 3 is 2.25 bits per heavy atom. The second kappa shape index (κ2) is 4.30. The van der Waals surface area contributed by atoms with Gasteiger partial charge in [-0.1, -0.05) is 0 Å². The molecule has 1 unspecified atom stereocenters. The minimum Gasteiger partial charge on any atom is -0.281 e. The molecule has 5 heteroatoms. The van der Waals surface area contributed by atoms with E-state index in [1.807, 2.05) is 0 Å². The highest BCUT2D eigenvalue weighted by atomic mass is 35.7. The van der Waals surface area contributed by atoms with E-state index >= 15 is 0 Å². The monoisotopic (exact) mass is 174 g/mol. The quantitative estimate of drug-likeness (QED) is 0.600. The molecule has 0 saturated heterocycles. The molecule has 0 aromatic heterocycles. The smallest absolute Gasteiger partial charge is 0.222 e. The zero-order valence-corrected chi connectivity index (χ0v) is 6.22. The van der Waals surface area contributed by atoms with Crippen LogP contribution in [0.5, 0.6) is 0 Å². The molecule has 2 nitrogen and oxygen atoms in total. The molecule has 0 amide bonds. The van der Waals surface area contributed by atoms with E-state index in [9.17, 15) is 9.00 Å². The van der Waals surface area contributed by atoms with Gasteiger partial charge in [-0.25, -0.2) is 4.21 Å². The molecule has 0 aliphatic rings. The Labute approximate surface area is 59.1 Å². The van der Waals surface area contributed by atoms with Crippen molar-refractivity contribution in [1.29, 1.82) is 0 Å². The summed E-state index contributed by atoms with van der Waals surface area (Å²) in [4.78, 5) is 9.92. The van der Waals surface area contributed by atoms with E-state index in [2.05, 4.69) is 0 Å². The second-order valence-electron chi connectivity index (χ2n) is 1.10. The average molecular weight is 175 g/mol. The van der Waals surface area contributed by atoms with E-state index in [1.165, 1.54) is 0 Å². The lowest BCUT2D eigenvalue weighted by Gasteiger charge is -1.84. The number of halogens is 2. The van der Waals surface area contributed by atoms with E-state index in [0.717, 1.165) is 0 Å². The Morgan fingerprint density at radius 2 is 2.12 bits per heavy atom. The predicted molar refractivity (Wildman–Crippen MR) is 34.3 cm³/mol. The van der Waals surface area contributed by atoms with Gasteiger partial charge >= 0.3 is 0 Å². The first-order chi connectivity index (χ1) is 3.63. The molecule has 0 heterocycles. The van der Waals surface area contributed by atoms with E-state index in [4.69, 9.17) is 22.3 Å². The second-order valence-corrected chi connectivity index (χ2v) is 3.54. The van der Waals surface area contributed by atoms with Crippen LogP contribution >= 0.6 is 22.3 Å². The van der Waals surface area contributed by atoms with Crippen molar-refractivity contribution in [1.82, 2.24) is 0 Å². The molecule has 0 spiro atoms. The van der Waals surface area contributed by atoms with Crippen LogP contribution in [0.15, 0.2) is 0 Å². The lowest BCUT2D eigenvalue weighted by atomic mass is 10.6. The molecule has 48 valence electrons. The Kier molecular flexibility index (Phi) is 4.51. The summed E-state index contributed by atoms with van der Waals surface area (Å²) in [6, 6.07) is 0. The summed E-state index contributed by atoms with van der Waals surface area (Å²) in [6.07, 6.45) is 0.0810. The van der Waals surface area contributed by atoms with Gasteiger partial charge in [0.1, 0.15) is 10.0 Å². The van der Waals surface area contributed by atoms with Gasteiger partial charge in [0.15, 0.2) is 0 Å². The number of hydrogen-bond acceptors (Lipinski definition) is 2. The maximum absolute atomic E-state index is 10.0. The van der Waals surface area contributed by atoms with E-state index < -0.39 is 15.3 Å². The third-order valence-electron chi connectivity index (χ3n) is 0.459. The highest BCUT2D eigenvalue weighted by Crippen LogP contribution is 1.94. The summed E-state index contributed by atoms with van der Waals surface area (Å²) in [6.45, 7) is 0. The first kappa shape index (κ1) is 8.40. The molecule has 0 fully saturated rings. The number of carbonyl (C=O) groups is 1. The van der Waals surface area contributed by atoms with Crippen LogP contribution in [-0.4, -0.2) is 15.2 Å². The van der Waals surface area contributed by atoms with Gasteiger partial charge in [0.05, 0.1) is 0 Å². The van der Waals surface area contributed by atoms with Gasteiger partial charge in [0.2, 0.25) is 5.24 Å². The molecular weight excluding hydrogens is 171 g/mol. The predicted octanol–water partition coefficient (Wildman–Crippen LogP) is 1.04. The molecular formula is C3H4Cl2O2S. The van der Waals surface area contributed by atoms with Crippen LogP contribution in [0, 0.1) is 0 Å². The first-order valence-electron chi connectivity index (χ1n) is 1.86. The maximum atomic E-state index is 10.0. The largest absolute Gasteiger partial charge is 0.281 e. The van der Waals surface area contributed by atoms with Crippen molar-refractivity contribution in [3.63, 3.8) is 0 Å². The highest BCUT2D eigenvalue weighted by molar-refractivity contribution is 8.08. The van der Waals surface area contributed by atoms with Gasteiger partial charge in [-0.05, 0) is 22.3 Å². The fourth-order valence-electron chi connectivity index (χ4n) is 0.160. The topological polar surface area (TPSA) is 34.1 Å². The number of carbonyl (C=O) groups excluding carboxylic acids is 1. The number of rotatable bonds is 3. The Balaban J connectivity index is 3.18. The van der Waals surface area contributed by atoms with Gasteiger partial charge in [-0.3, -0.25) is 4.79 Å². The van der Waals surface area contributed by atoms with Crippen LogP contribution in [0.3, 0.4) is 0 Å². The Bertz CT molecular complexity index is 99.9. The first-order valence-corrected chi connectivity index (χ1v) is 4.38. The molecule has 0 aromatic rings. The average Bonchev–Trinajstić information content (AvgIpc) is 1.61. The van der Waals surface area contributed by atoms with Gasteiger partial charge in [-0.15, -0.1) is 0 Å². The van der Waals surface area contributed by atoms with Crippen LogP contribution < -0.4 is 0 Å². The summed E-state index contributed by atoms with van der Waals surface area (Å²) in [5, 5.41) is -0.501. The van der Waals surface area contributed by atoms with Crippen molar-refractivity contribution in [2.75, 3.05) is 5.75 Å². The molecule has 0 radical (unpaired) electrons. The fourth-order valence-corrected chi connectivity index (χ4v) is 0.944. The summed E-state index contributed by atoms with van der Waals surface area (Å²) in [5.74, 6) is 0.143. The number of hydrogen-bond donors (Lipinski definition) is 0. The molecule has 0 N–H and O–H groups in total. The van der Waals surface area contributed by atoms with Crippen molar-refractivity contribution in [2.24, 2.45) is 0 Å². The normalized spacial score (nSPS) is 13.2. The zero-order chi connectivity index (χ0) is 6.57. The molecule has 0 bridgehead atoms. The van der Waals surface area contributed by atoms with Gasteiger partial charge < -0.3 is 0 Å². The van der Waals surface area contributed by atoms with Crippen molar-refractivity contribution >= 4 is 37.5 Å². The zero-order valence-electron chi connectivity index (χ0n) is 3.89. The third-order valence-corrected chi connectivity index (χ3v) is 1.64. The van der Waals surface area contributed by atoms with Crippen molar-refractivity contribution in [2.45, 2.75) is 6.42 Å². The summed E-state index contributed by atoms with van der Waals surface area (Å²) >= 11 is 4.89. The molecule has 0 rings (SSSR count). The minimum atomic E-state index is -1.42. The molecule has 0 aliphatic carbocycles. The van der Waals surface area contributed by atoms with E-state index in [-0.39, 0.29) is 12.2 Å². The van der Waals surface area contributed by atoms with Crippen LogP contribution in [0.25, 0.3) is 0 Å². The van der Waals surface area contributed by atoms with Crippen LogP contribution in [0.2, 0.25) is 0 Å². The van der Waals surface area contributed by atoms with E-state index in [0.29, 0.717) is 0 Å². The highest BCUT2D eigenvalue weighted by Gasteiger charge is 1.97. The molecule has 1 atom stereocenters. The third kappa shape index (κ3) is 6.40. The Morgan fingerprint density at radius 1 is 1.62 bits per heavy atom. The summed E-state index contributed by atoms with van der Waals surface area (Å²) in [5.41, 5.74) is 0. The maximum Gasteiger partial charge on any atom is 0.222 e. The minimum absolute atomic E-state index is 0.0810. The molecule has 0 aliphatic heterocycles. The standard InChI is InChI=1S/C3H4Cl2O2S/c4-3(6)1-2-8(5)7/h1-2H2. The fraction of sp³-hybridized carbons (Fsp3) is 0.667. The summed E-state index contributed by atoms with van der Waals surface area (Å²) < 4.78 is 10.0. The SMILES string of the molecule is O=C(Cl)CCS(=O)Cl. The van der Waals surface area contributed by atoms with E-state index in [1.54, 1.807) is 0 Å². The van der Waals surface area contributed by atoms with Crippen LogP contribution in [-0.2, 0) is 14.8 Å². The Hall–Kier alpha value is 0.400. The lowest BCUT2D eigenvalue weighted by Crippen LogP contribution is -1.94. The molecule has 0 aromatic carbocycles.